The van der Waals surface area contributed by atoms with Crippen LogP contribution in [0.3, 0.4) is 0 Å². The van der Waals surface area contributed by atoms with Gasteiger partial charge in [0.25, 0.3) is 0 Å². The number of ether oxygens (including phenoxy) is 3. The van der Waals surface area contributed by atoms with Crippen molar-refractivity contribution in [2.75, 3.05) is 46.2 Å². The topological polar surface area (TPSA) is 52.4 Å². The molecule has 2 aliphatic heterocycles. The number of morpholine rings is 1. The zero-order valence-corrected chi connectivity index (χ0v) is 17.3. The van der Waals surface area contributed by atoms with Crippen molar-refractivity contribution >= 4 is 5.91 Å². The zero-order chi connectivity index (χ0) is 20.4. The Hall–Kier alpha value is -2.57. The molecular weight excluding hydrogens is 380 g/mol. The van der Waals surface area contributed by atoms with E-state index in [1.54, 1.807) is 0 Å². The first-order valence-corrected chi connectivity index (χ1v) is 10.9. The summed E-state index contributed by atoms with van der Waals surface area (Å²) in [6.45, 7) is 6.06. The van der Waals surface area contributed by atoms with E-state index >= 15 is 0 Å². The molecule has 3 aliphatic rings. The summed E-state index contributed by atoms with van der Waals surface area (Å²) < 4.78 is 16.7. The molecule has 2 aromatic carbocycles. The van der Waals surface area contributed by atoms with Crippen LogP contribution in [0.4, 0.5) is 0 Å². The number of benzene rings is 2. The van der Waals surface area contributed by atoms with Gasteiger partial charge in [0.2, 0.25) is 12.7 Å². The Kier molecular flexibility index (Phi) is 5.35. The van der Waals surface area contributed by atoms with Crippen LogP contribution in [-0.2, 0) is 21.5 Å². The van der Waals surface area contributed by atoms with Crippen molar-refractivity contribution in [3.05, 3.63) is 59.7 Å². The summed E-state index contributed by atoms with van der Waals surface area (Å²) in [5.41, 5.74) is 1.78. The third-order valence-electron chi connectivity index (χ3n) is 6.55. The molecular formula is C24H29N2O4+. The fourth-order valence-corrected chi connectivity index (χ4v) is 4.59. The molecule has 1 saturated heterocycles. The SMILES string of the molecule is O=C(N(CC[NH+]1CCOCC1)Cc1cccc2c1OCO2)C1(c2ccccc2)CC1. The number of nitrogens with zero attached hydrogens (tertiary/aromatic N) is 1. The molecule has 0 atom stereocenters. The number of quaternary nitrogens is 1. The quantitative estimate of drug-likeness (QED) is 0.751. The van der Waals surface area contributed by atoms with Crippen molar-refractivity contribution in [1.82, 2.24) is 4.90 Å². The van der Waals surface area contributed by atoms with Gasteiger partial charge in [0, 0.05) is 12.1 Å². The molecule has 2 aromatic rings. The van der Waals surface area contributed by atoms with E-state index in [4.69, 9.17) is 14.2 Å². The lowest BCUT2D eigenvalue weighted by Gasteiger charge is -2.31. The summed E-state index contributed by atoms with van der Waals surface area (Å²) in [4.78, 5) is 17.4. The van der Waals surface area contributed by atoms with Crippen molar-refractivity contribution < 1.29 is 23.9 Å². The molecule has 1 aliphatic carbocycles. The Labute approximate surface area is 177 Å². The standard InChI is InChI=1S/C24H28N2O4/c27-23(24(9-10-24)20-6-2-1-3-7-20)26(12-11-25-13-15-28-16-14-25)17-19-5-4-8-21-22(19)30-18-29-21/h1-8H,9-18H2/p+1. The average Bonchev–Trinajstić information content (AvgIpc) is 3.47. The molecule has 158 valence electrons. The molecule has 6 heteroatoms. The van der Waals surface area contributed by atoms with Gasteiger partial charge in [0.1, 0.15) is 13.1 Å². The Morgan fingerprint density at radius 3 is 2.57 bits per heavy atom. The number of rotatable bonds is 7. The molecule has 2 heterocycles. The van der Waals surface area contributed by atoms with E-state index in [-0.39, 0.29) is 18.1 Å². The van der Waals surface area contributed by atoms with Gasteiger partial charge in [-0.25, -0.2) is 0 Å². The zero-order valence-electron chi connectivity index (χ0n) is 17.3. The van der Waals surface area contributed by atoms with Gasteiger partial charge in [0.05, 0.1) is 31.7 Å². The van der Waals surface area contributed by atoms with Crippen LogP contribution in [0.25, 0.3) is 0 Å². The maximum absolute atomic E-state index is 13.8. The summed E-state index contributed by atoms with van der Waals surface area (Å²) in [7, 11) is 0. The highest BCUT2D eigenvalue weighted by molar-refractivity contribution is 5.91. The van der Waals surface area contributed by atoms with Gasteiger partial charge >= 0.3 is 0 Å². The third kappa shape index (κ3) is 3.77. The monoisotopic (exact) mass is 409 g/mol. The lowest BCUT2D eigenvalue weighted by molar-refractivity contribution is -0.907. The van der Waals surface area contributed by atoms with Gasteiger partial charge in [-0.3, -0.25) is 4.79 Å². The van der Waals surface area contributed by atoms with Crippen LogP contribution < -0.4 is 14.4 Å². The van der Waals surface area contributed by atoms with Crippen LogP contribution in [0.5, 0.6) is 11.5 Å². The minimum absolute atomic E-state index is 0.234. The van der Waals surface area contributed by atoms with Crippen LogP contribution >= 0.6 is 0 Å². The van der Waals surface area contributed by atoms with Crippen molar-refractivity contribution in [1.29, 1.82) is 0 Å². The van der Waals surface area contributed by atoms with Crippen molar-refractivity contribution in [3.8, 4) is 11.5 Å². The van der Waals surface area contributed by atoms with Crippen molar-refractivity contribution in [2.45, 2.75) is 24.8 Å². The van der Waals surface area contributed by atoms with Gasteiger partial charge in [-0.15, -0.1) is 0 Å². The maximum Gasteiger partial charge on any atom is 0.233 e. The molecule has 30 heavy (non-hydrogen) atoms. The molecule has 0 radical (unpaired) electrons. The van der Waals surface area contributed by atoms with Crippen LogP contribution in [0.2, 0.25) is 0 Å². The van der Waals surface area contributed by atoms with Crippen LogP contribution in [0.15, 0.2) is 48.5 Å². The first-order valence-electron chi connectivity index (χ1n) is 10.9. The Bertz CT molecular complexity index is 891. The number of hydrogen-bond donors (Lipinski definition) is 1. The number of amides is 1. The lowest BCUT2D eigenvalue weighted by atomic mass is 9.94. The minimum atomic E-state index is -0.364. The molecule has 1 N–H and O–H groups in total. The van der Waals surface area contributed by atoms with E-state index < -0.39 is 0 Å². The van der Waals surface area contributed by atoms with Gasteiger partial charge in [0.15, 0.2) is 11.5 Å². The number of nitrogens with one attached hydrogen (secondary N) is 1. The molecule has 0 aromatic heterocycles. The van der Waals surface area contributed by atoms with E-state index in [0.717, 1.165) is 74.9 Å². The van der Waals surface area contributed by atoms with Crippen LogP contribution in [0, 0.1) is 0 Å². The lowest BCUT2D eigenvalue weighted by Crippen LogP contribution is -3.14. The second-order valence-corrected chi connectivity index (χ2v) is 8.44. The molecule has 0 spiro atoms. The Morgan fingerprint density at radius 1 is 1.00 bits per heavy atom. The smallest absolute Gasteiger partial charge is 0.233 e. The number of para-hydroxylation sites is 1. The second-order valence-electron chi connectivity index (χ2n) is 8.44. The van der Waals surface area contributed by atoms with Gasteiger partial charge in [-0.2, -0.15) is 0 Å². The van der Waals surface area contributed by atoms with Crippen LogP contribution in [-0.4, -0.2) is 57.0 Å². The Morgan fingerprint density at radius 2 is 1.80 bits per heavy atom. The number of fused-ring (bicyclic) bond motifs is 1. The molecule has 6 nitrogen and oxygen atoms in total. The van der Waals surface area contributed by atoms with E-state index in [1.165, 1.54) is 4.90 Å². The van der Waals surface area contributed by atoms with Crippen molar-refractivity contribution in [3.63, 3.8) is 0 Å². The second kappa shape index (κ2) is 8.28. The first-order chi connectivity index (χ1) is 14.8. The Balaban J connectivity index is 1.38. The molecule has 0 bridgehead atoms. The predicted molar refractivity (Wildman–Crippen MR) is 112 cm³/mol. The molecule has 1 saturated carbocycles. The summed E-state index contributed by atoms with van der Waals surface area (Å²) in [5, 5.41) is 0. The first kappa shape index (κ1) is 19.4. The highest BCUT2D eigenvalue weighted by Gasteiger charge is 2.53. The number of hydrogen-bond acceptors (Lipinski definition) is 4. The van der Waals surface area contributed by atoms with Gasteiger partial charge in [-0.05, 0) is 24.5 Å². The molecule has 1 amide bonds. The summed E-state index contributed by atoms with van der Waals surface area (Å²) in [6.07, 6.45) is 1.84. The van der Waals surface area contributed by atoms with Gasteiger partial charge < -0.3 is 24.0 Å². The fraction of sp³-hybridized carbons (Fsp3) is 0.458. The van der Waals surface area contributed by atoms with Crippen LogP contribution in [0.1, 0.15) is 24.0 Å². The molecule has 5 rings (SSSR count). The minimum Gasteiger partial charge on any atom is -0.454 e. The largest absolute Gasteiger partial charge is 0.454 e. The maximum atomic E-state index is 13.8. The van der Waals surface area contributed by atoms with Gasteiger partial charge in [-0.1, -0.05) is 42.5 Å². The van der Waals surface area contributed by atoms with E-state index in [9.17, 15) is 4.79 Å². The summed E-state index contributed by atoms with van der Waals surface area (Å²) in [6, 6.07) is 16.2. The highest BCUT2D eigenvalue weighted by Crippen LogP contribution is 2.50. The number of carbonyl (C=O) groups excluding carboxylic acids is 1. The van der Waals surface area contributed by atoms with E-state index in [2.05, 4.69) is 12.1 Å². The van der Waals surface area contributed by atoms with Crippen molar-refractivity contribution in [2.24, 2.45) is 0 Å². The predicted octanol–water partition coefficient (Wildman–Crippen LogP) is 1.39. The normalized spacial score (nSPS) is 19.5. The third-order valence-corrected chi connectivity index (χ3v) is 6.55. The molecule has 2 fully saturated rings. The summed E-state index contributed by atoms with van der Waals surface area (Å²) >= 11 is 0. The van der Waals surface area contributed by atoms with E-state index in [0.29, 0.717) is 6.54 Å². The number of carbonyl (C=O) groups is 1. The van der Waals surface area contributed by atoms with E-state index in [1.807, 2.05) is 41.3 Å². The highest BCUT2D eigenvalue weighted by atomic mass is 16.7. The molecule has 0 unspecified atom stereocenters. The summed E-state index contributed by atoms with van der Waals surface area (Å²) in [5.74, 6) is 1.78. The fourth-order valence-electron chi connectivity index (χ4n) is 4.59. The average molecular weight is 410 g/mol.